The monoisotopic (exact) mass is 263 g/mol. The van der Waals surface area contributed by atoms with Gasteiger partial charge in [0.15, 0.2) is 0 Å². The van der Waals surface area contributed by atoms with E-state index in [-0.39, 0.29) is 0 Å². The van der Waals surface area contributed by atoms with Crippen molar-refractivity contribution in [1.29, 1.82) is 0 Å². The zero-order valence-electron chi connectivity index (χ0n) is 10.8. The van der Waals surface area contributed by atoms with E-state index < -0.39 is 0 Å². The summed E-state index contributed by atoms with van der Waals surface area (Å²) in [4.78, 5) is 6.67. The zero-order chi connectivity index (χ0) is 13.0. The SMILES string of the molecule is CNc1nnc(CN(C)Cc2cccc(C)n2)s1. The highest BCUT2D eigenvalue weighted by Gasteiger charge is 2.07. The molecule has 0 saturated heterocycles. The minimum absolute atomic E-state index is 0.787. The van der Waals surface area contributed by atoms with Crippen LogP contribution in [0.1, 0.15) is 16.4 Å². The molecule has 0 spiro atoms. The molecule has 2 aromatic heterocycles. The third-order valence-corrected chi connectivity index (χ3v) is 3.39. The van der Waals surface area contributed by atoms with Gasteiger partial charge in [-0.25, -0.2) is 0 Å². The Bertz CT molecular complexity index is 511. The Balaban J connectivity index is 1.94. The second-order valence-electron chi connectivity index (χ2n) is 4.19. The van der Waals surface area contributed by atoms with Crippen LogP contribution in [-0.2, 0) is 13.1 Å². The van der Waals surface area contributed by atoms with Gasteiger partial charge in [-0.15, -0.1) is 10.2 Å². The predicted molar refractivity (Wildman–Crippen MR) is 73.6 cm³/mol. The van der Waals surface area contributed by atoms with Crippen LogP contribution in [-0.4, -0.2) is 34.2 Å². The van der Waals surface area contributed by atoms with E-state index in [0.717, 1.165) is 34.6 Å². The molecular formula is C12H17N5S. The lowest BCUT2D eigenvalue weighted by Crippen LogP contribution is -2.18. The molecule has 0 aromatic carbocycles. The third kappa shape index (κ3) is 3.48. The molecule has 2 aromatic rings. The van der Waals surface area contributed by atoms with Crippen molar-refractivity contribution in [3.8, 4) is 0 Å². The Kier molecular flexibility index (Phi) is 4.22. The average Bonchev–Trinajstić information content (AvgIpc) is 2.76. The summed E-state index contributed by atoms with van der Waals surface area (Å²) in [6, 6.07) is 6.09. The van der Waals surface area contributed by atoms with E-state index in [1.165, 1.54) is 0 Å². The van der Waals surface area contributed by atoms with Crippen molar-refractivity contribution >= 4 is 16.5 Å². The van der Waals surface area contributed by atoms with E-state index in [0.29, 0.717) is 0 Å². The first-order valence-corrected chi connectivity index (χ1v) is 6.60. The van der Waals surface area contributed by atoms with Gasteiger partial charge in [-0.05, 0) is 26.1 Å². The summed E-state index contributed by atoms with van der Waals surface area (Å²) < 4.78 is 0. The molecule has 0 saturated carbocycles. The van der Waals surface area contributed by atoms with Crippen molar-refractivity contribution in [2.24, 2.45) is 0 Å². The van der Waals surface area contributed by atoms with Gasteiger partial charge in [0.1, 0.15) is 5.01 Å². The van der Waals surface area contributed by atoms with Crippen LogP contribution in [0.25, 0.3) is 0 Å². The van der Waals surface area contributed by atoms with E-state index in [4.69, 9.17) is 0 Å². The van der Waals surface area contributed by atoms with Crippen LogP contribution >= 0.6 is 11.3 Å². The van der Waals surface area contributed by atoms with Gasteiger partial charge in [-0.3, -0.25) is 9.88 Å². The average molecular weight is 263 g/mol. The molecule has 1 N–H and O–H groups in total. The minimum Gasteiger partial charge on any atom is -0.363 e. The molecule has 5 nitrogen and oxygen atoms in total. The molecule has 0 amide bonds. The number of hydrogen-bond acceptors (Lipinski definition) is 6. The first-order chi connectivity index (χ1) is 8.67. The minimum atomic E-state index is 0.787. The van der Waals surface area contributed by atoms with Gasteiger partial charge in [-0.2, -0.15) is 0 Å². The number of rotatable bonds is 5. The molecule has 2 rings (SSSR count). The molecule has 0 fully saturated rings. The molecule has 6 heteroatoms. The summed E-state index contributed by atoms with van der Waals surface area (Å²) in [5.41, 5.74) is 2.13. The van der Waals surface area contributed by atoms with Crippen molar-refractivity contribution in [2.75, 3.05) is 19.4 Å². The highest BCUT2D eigenvalue weighted by Crippen LogP contribution is 2.16. The highest BCUT2D eigenvalue weighted by atomic mass is 32.1. The van der Waals surface area contributed by atoms with Crippen LogP contribution in [0.3, 0.4) is 0 Å². The first-order valence-electron chi connectivity index (χ1n) is 5.78. The highest BCUT2D eigenvalue weighted by molar-refractivity contribution is 7.15. The normalized spacial score (nSPS) is 10.9. The van der Waals surface area contributed by atoms with Gasteiger partial charge in [0.05, 0.1) is 12.2 Å². The first kappa shape index (κ1) is 12.9. The van der Waals surface area contributed by atoms with Gasteiger partial charge in [0, 0.05) is 19.3 Å². The second kappa shape index (κ2) is 5.88. The molecule has 2 heterocycles. The van der Waals surface area contributed by atoms with Gasteiger partial charge in [0.25, 0.3) is 0 Å². The summed E-state index contributed by atoms with van der Waals surface area (Å²) in [5.74, 6) is 0. The van der Waals surface area contributed by atoms with Crippen molar-refractivity contribution in [3.63, 3.8) is 0 Å². The Labute approximate surface area is 111 Å². The molecule has 0 radical (unpaired) electrons. The van der Waals surface area contributed by atoms with E-state index in [1.807, 2.05) is 32.2 Å². The van der Waals surface area contributed by atoms with Crippen LogP contribution in [0.4, 0.5) is 5.13 Å². The largest absolute Gasteiger partial charge is 0.363 e. The number of pyridine rings is 1. The van der Waals surface area contributed by atoms with E-state index in [2.05, 4.69) is 32.4 Å². The van der Waals surface area contributed by atoms with Crippen molar-refractivity contribution in [1.82, 2.24) is 20.1 Å². The van der Waals surface area contributed by atoms with Gasteiger partial charge in [-0.1, -0.05) is 17.4 Å². The summed E-state index contributed by atoms with van der Waals surface area (Å²) in [7, 11) is 3.91. The van der Waals surface area contributed by atoms with Crippen molar-refractivity contribution < 1.29 is 0 Å². The maximum absolute atomic E-state index is 4.49. The number of nitrogens with one attached hydrogen (secondary N) is 1. The van der Waals surface area contributed by atoms with E-state index >= 15 is 0 Å². The topological polar surface area (TPSA) is 53.9 Å². The molecule has 0 aliphatic carbocycles. The second-order valence-corrected chi connectivity index (χ2v) is 5.26. The Morgan fingerprint density at radius 1 is 1.28 bits per heavy atom. The number of aryl methyl sites for hydroxylation is 1. The number of aromatic nitrogens is 3. The lowest BCUT2D eigenvalue weighted by atomic mass is 10.3. The van der Waals surface area contributed by atoms with Crippen LogP contribution < -0.4 is 5.32 Å². The number of anilines is 1. The quantitative estimate of drug-likeness (QED) is 0.893. The summed E-state index contributed by atoms with van der Waals surface area (Å²) in [6.45, 7) is 3.61. The van der Waals surface area contributed by atoms with Gasteiger partial charge >= 0.3 is 0 Å². The molecule has 0 aliphatic rings. The van der Waals surface area contributed by atoms with Crippen LogP contribution in [0, 0.1) is 6.92 Å². The smallest absolute Gasteiger partial charge is 0.205 e. The fourth-order valence-electron chi connectivity index (χ4n) is 1.67. The van der Waals surface area contributed by atoms with Crippen molar-refractivity contribution in [3.05, 3.63) is 34.6 Å². The summed E-state index contributed by atoms with van der Waals surface area (Å²) in [6.07, 6.45) is 0. The zero-order valence-corrected chi connectivity index (χ0v) is 11.7. The Morgan fingerprint density at radius 2 is 2.11 bits per heavy atom. The molecule has 0 atom stereocenters. The Hall–Kier alpha value is -1.53. The summed E-state index contributed by atoms with van der Waals surface area (Å²) >= 11 is 1.58. The van der Waals surface area contributed by atoms with Crippen LogP contribution in [0.5, 0.6) is 0 Å². The fraction of sp³-hybridized carbons (Fsp3) is 0.417. The maximum Gasteiger partial charge on any atom is 0.205 e. The van der Waals surface area contributed by atoms with E-state index in [1.54, 1.807) is 11.3 Å². The molecule has 0 bridgehead atoms. The molecule has 0 aliphatic heterocycles. The lowest BCUT2D eigenvalue weighted by molar-refractivity contribution is 0.313. The standard InChI is InChI=1S/C12H17N5S/c1-9-5-4-6-10(14-9)7-17(3)8-11-15-16-12(13-2)18-11/h4-6H,7-8H2,1-3H3,(H,13,16). The molecule has 18 heavy (non-hydrogen) atoms. The maximum atomic E-state index is 4.49. The van der Waals surface area contributed by atoms with Crippen LogP contribution in [0.2, 0.25) is 0 Å². The molecule has 96 valence electrons. The molecular weight excluding hydrogens is 246 g/mol. The van der Waals surface area contributed by atoms with E-state index in [9.17, 15) is 0 Å². The predicted octanol–water partition coefficient (Wildman–Crippen LogP) is 1.92. The van der Waals surface area contributed by atoms with Gasteiger partial charge in [0.2, 0.25) is 5.13 Å². The van der Waals surface area contributed by atoms with Crippen LogP contribution in [0.15, 0.2) is 18.2 Å². The third-order valence-electron chi connectivity index (χ3n) is 2.46. The Morgan fingerprint density at radius 3 is 2.78 bits per heavy atom. The van der Waals surface area contributed by atoms with Crippen molar-refractivity contribution in [2.45, 2.75) is 20.0 Å². The summed E-state index contributed by atoms with van der Waals surface area (Å²) in [5, 5.41) is 13.0. The number of nitrogens with zero attached hydrogens (tertiary/aromatic N) is 4. The lowest BCUT2D eigenvalue weighted by Gasteiger charge is -2.14. The molecule has 0 unspecified atom stereocenters. The number of hydrogen-bond donors (Lipinski definition) is 1. The fourth-order valence-corrected chi connectivity index (χ4v) is 2.44. The van der Waals surface area contributed by atoms with Gasteiger partial charge < -0.3 is 5.32 Å².